The zero-order chi connectivity index (χ0) is 58.6. The Hall–Kier alpha value is -1.77. The number of carbonyl (C=O) groups is 2. The molecule has 0 aliphatic rings. The van der Waals surface area contributed by atoms with Gasteiger partial charge in [0.2, 0.25) is 5.91 Å². The van der Waals surface area contributed by atoms with E-state index in [9.17, 15) is 19.0 Å². The number of rotatable bonds is 64. The standard InChI is InChI=1S/C70H135N2O7P/c1-7-10-13-16-19-22-25-28-30-32-34-35-36-37-39-40-42-44-47-50-53-56-59-62-69(73)71-67(66-78-80(75,76)77-65-64-72(4,5)6)68(61-58-55-52-49-46-27-24-21-18-15-12-9-3)79-70(74)63-60-57-54-51-48-45-43-41-38-33-31-29-26-23-20-17-14-11-8-2/h20,23,29,31,58,61,67-68H,7-19,21-22,24-28,30,32-57,59-60,62-66H2,1-6H3,(H-,71,73,75,76)/p+1/b23-20-,31-29-,61-58+. The third-order valence-electron chi connectivity index (χ3n) is 15.8. The number of unbranched alkanes of at least 4 members (excludes halogenated alkanes) is 44. The summed E-state index contributed by atoms with van der Waals surface area (Å²) >= 11 is 0. The lowest BCUT2D eigenvalue weighted by molar-refractivity contribution is -0.870. The van der Waals surface area contributed by atoms with Crippen LogP contribution in [0, 0.1) is 0 Å². The number of hydrogen-bond donors (Lipinski definition) is 2. The van der Waals surface area contributed by atoms with E-state index in [4.69, 9.17) is 13.8 Å². The van der Waals surface area contributed by atoms with Crippen LogP contribution in [0.5, 0.6) is 0 Å². The van der Waals surface area contributed by atoms with Crippen molar-refractivity contribution in [1.29, 1.82) is 0 Å². The van der Waals surface area contributed by atoms with Crippen LogP contribution in [-0.4, -0.2) is 74.3 Å². The molecular weight excluding hydrogens is 1010 g/mol. The predicted molar refractivity (Wildman–Crippen MR) is 346 cm³/mol. The largest absolute Gasteiger partial charge is 0.472 e. The number of phosphoric acid groups is 1. The first kappa shape index (κ1) is 78.2. The number of esters is 1. The molecule has 0 fully saturated rings. The number of likely N-dealkylation sites (N-methyl/N-ethyl adjacent to an activating group) is 1. The molecule has 3 unspecified atom stereocenters. The third kappa shape index (κ3) is 60.8. The number of hydrogen-bond acceptors (Lipinski definition) is 6. The van der Waals surface area contributed by atoms with Crippen molar-refractivity contribution >= 4 is 19.7 Å². The van der Waals surface area contributed by atoms with E-state index in [-0.39, 0.29) is 25.1 Å². The summed E-state index contributed by atoms with van der Waals surface area (Å²) in [5.41, 5.74) is 0. The molecule has 10 heteroatoms. The topological polar surface area (TPSA) is 111 Å². The fourth-order valence-electron chi connectivity index (χ4n) is 10.4. The highest BCUT2D eigenvalue weighted by Crippen LogP contribution is 2.43. The summed E-state index contributed by atoms with van der Waals surface area (Å²) in [5.74, 6) is -0.491. The van der Waals surface area contributed by atoms with Gasteiger partial charge in [-0.15, -0.1) is 0 Å². The van der Waals surface area contributed by atoms with Crippen LogP contribution in [0.3, 0.4) is 0 Å². The summed E-state index contributed by atoms with van der Waals surface area (Å²) in [5, 5.41) is 3.07. The average Bonchev–Trinajstić information content (AvgIpc) is 3.43. The van der Waals surface area contributed by atoms with Crippen molar-refractivity contribution in [3.05, 3.63) is 36.5 Å². The van der Waals surface area contributed by atoms with Crippen LogP contribution < -0.4 is 5.32 Å². The van der Waals surface area contributed by atoms with Crippen LogP contribution in [0.15, 0.2) is 36.5 Å². The van der Waals surface area contributed by atoms with Gasteiger partial charge in [-0.25, -0.2) is 4.57 Å². The molecule has 0 aromatic carbocycles. The first-order valence-corrected chi connectivity index (χ1v) is 36.3. The van der Waals surface area contributed by atoms with Crippen LogP contribution in [0.4, 0.5) is 0 Å². The molecule has 0 radical (unpaired) electrons. The molecule has 0 rings (SSSR count). The second-order valence-electron chi connectivity index (χ2n) is 25.1. The van der Waals surface area contributed by atoms with E-state index < -0.39 is 20.0 Å². The minimum atomic E-state index is -4.45. The van der Waals surface area contributed by atoms with Crippen molar-refractivity contribution in [3.8, 4) is 0 Å². The van der Waals surface area contributed by atoms with Crippen molar-refractivity contribution in [1.82, 2.24) is 5.32 Å². The fourth-order valence-corrected chi connectivity index (χ4v) is 11.2. The predicted octanol–water partition coefficient (Wildman–Crippen LogP) is 21.8. The first-order chi connectivity index (χ1) is 38.9. The maximum Gasteiger partial charge on any atom is 0.472 e. The molecule has 0 aromatic heterocycles. The molecule has 472 valence electrons. The van der Waals surface area contributed by atoms with Gasteiger partial charge in [0.1, 0.15) is 19.3 Å². The number of nitrogens with zero attached hydrogens (tertiary/aromatic N) is 1. The number of amides is 1. The molecule has 80 heavy (non-hydrogen) atoms. The number of phosphoric ester groups is 1. The van der Waals surface area contributed by atoms with E-state index in [1.54, 1.807) is 0 Å². The number of ether oxygens (including phenoxy) is 1. The molecule has 0 heterocycles. The quantitative estimate of drug-likeness (QED) is 0.0205. The zero-order valence-corrected chi connectivity index (χ0v) is 55.0. The fraction of sp³-hybridized carbons (Fsp3) is 0.886. The molecule has 2 N–H and O–H groups in total. The summed E-state index contributed by atoms with van der Waals surface area (Å²) in [6.45, 7) is 7.04. The summed E-state index contributed by atoms with van der Waals surface area (Å²) < 4.78 is 30.8. The number of allylic oxidation sites excluding steroid dienone is 5. The maximum absolute atomic E-state index is 13.6. The molecule has 0 saturated carbocycles. The van der Waals surface area contributed by atoms with Crippen LogP contribution in [0.1, 0.15) is 348 Å². The van der Waals surface area contributed by atoms with Crippen LogP contribution in [0.2, 0.25) is 0 Å². The van der Waals surface area contributed by atoms with Gasteiger partial charge in [0.15, 0.2) is 0 Å². The summed E-state index contributed by atoms with van der Waals surface area (Å²) in [6, 6.07) is -0.847. The van der Waals surface area contributed by atoms with Crippen LogP contribution in [0.25, 0.3) is 0 Å². The van der Waals surface area contributed by atoms with Gasteiger partial charge in [0, 0.05) is 12.8 Å². The summed E-state index contributed by atoms with van der Waals surface area (Å²) in [6.07, 6.45) is 74.4. The Morgan fingerprint density at radius 1 is 0.438 bits per heavy atom. The molecular formula is C70H136N2O7P+. The second-order valence-corrected chi connectivity index (χ2v) is 26.5. The summed E-state index contributed by atoms with van der Waals surface area (Å²) in [4.78, 5) is 37.9. The van der Waals surface area contributed by atoms with Gasteiger partial charge in [0.05, 0.1) is 33.8 Å². The highest BCUT2D eigenvalue weighted by Gasteiger charge is 2.30. The third-order valence-corrected chi connectivity index (χ3v) is 16.8. The normalized spacial score (nSPS) is 13.7. The maximum atomic E-state index is 13.6. The molecule has 0 aliphatic heterocycles. The Balaban J connectivity index is 5.07. The zero-order valence-electron chi connectivity index (χ0n) is 54.1. The molecule has 0 spiro atoms. The van der Waals surface area contributed by atoms with E-state index in [0.717, 1.165) is 64.2 Å². The number of quaternary nitrogens is 1. The average molecular weight is 1150 g/mol. The molecule has 0 aliphatic carbocycles. The summed E-state index contributed by atoms with van der Waals surface area (Å²) in [7, 11) is 1.51. The Kier molecular flexibility index (Phi) is 59.0. The van der Waals surface area contributed by atoms with E-state index in [1.165, 1.54) is 250 Å². The van der Waals surface area contributed by atoms with Gasteiger partial charge < -0.3 is 19.4 Å². The Morgan fingerprint density at radius 3 is 1.15 bits per heavy atom. The highest BCUT2D eigenvalue weighted by atomic mass is 31.2. The van der Waals surface area contributed by atoms with Gasteiger partial charge >= 0.3 is 13.8 Å². The molecule has 9 nitrogen and oxygen atoms in total. The molecule has 0 aromatic rings. The number of nitrogens with one attached hydrogen (secondary N) is 1. The van der Waals surface area contributed by atoms with E-state index in [1.807, 2.05) is 33.3 Å². The van der Waals surface area contributed by atoms with E-state index in [0.29, 0.717) is 23.9 Å². The highest BCUT2D eigenvalue weighted by molar-refractivity contribution is 7.47. The van der Waals surface area contributed by atoms with Gasteiger partial charge in [-0.1, -0.05) is 308 Å². The van der Waals surface area contributed by atoms with Crippen molar-refractivity contribution in [2.75, 3.05) is 40.9 Å². The molecule has 0 bridgehead atoms. The second kappa shape index (κ2) is 60.4. The van der Waals surface area contributed by atoms with Gasteiger partial charge in [-0.3, -0.25) is 18.6 Å². The Morgan fingerprint density at radius 2 is 0.762 bits per heavy atom. The van der Waals surface area contributed by atoms with Gasteiger partial charge in [-0.2, -0.15) is 0 Å². The van der Waals surface area contributed by atoms with Crippen molar-refractivity contribution in [2.24, 2.45) is 0 Å². The smallest absolute Gasteiger partial charge is 0.456 e. The van der Waals surface area contributed by atoms with E-state index in [2.05, 4.69) is 50.4 Å². The Bertz CT molecular complexity index is 1460. The van der Waals surface area contributed by atoms with Gasteiger partial charge in [-0.05, 0) is 63.9 Å². The van der Waals surface area contributed by atoms with Crippen molar-refractivity contribution < 1.29 is 37.3 Å². The SMILES string of the molecule is CCCCC/C=C\C/C=C\CCCCCCCCCCCC(=O)OC(/C=C/CCCCCCCCCCCC)C(COP(=O)(O)OCC[N+](C)(C)C)NC(=O)CCCCCCCCCCCCCCCCCCCCCCCCC. The van der Waals surface area contributed by atoms with Crippen LogP contribution in [-0.2, 0) is 27.9 Å². The van der Waals surface area contributed by atoms with E-state index >= 15 is 0 Å². The minimum absolute atomic E-state index is 0.0423. The molecule has 0 saturated heterocycles. The Labute approximate surface area is 497 Å². The minimum Gasteiger partial charge on any atom is -0.456 e. The van der Waals surface area contributed by atoms with Crippen molar-refractivity contribution in [3.63, 3.8) is 0 Å². The molecule has 3 atom stereocenters. The molecule has 1 amide bonds. The van der Waals surface area contributed by atoms with Crippen LogP contribution >= 0.6 is 7.82 Å². The van der Waals surface area contributed by atoms with Gasteiger partial charge in [0.25, 0.3) is 0 Å². The lowest BCUT2D eigenvalue weighted by Crippen LogP contribution is -2.47. The lowest BCUT2D eigenvalue weighted by atomic mass is 10.0. The lowest BCUT2D eigenvalue weighted by Gasteiger charge is -2.27. The monoisotopic (exact) mass is 1150 g/mol. The first-order valence-electron chi connectivity index (χ1n) is 34.8. The van der Waals surface area contributed by atoms with Crippen molar-refractivity contribution in [2.45, 2.75) is 360 Å². The number of carbonyl (C=O) groups excluding carboxylic acids is 2.